The molecule has 2 N–H and O–H groups in total. The predicted molar refractivity (Wildman–Crippen MR) is 125 cm³/mol. The first kappa shape index (κ1) is 21.5. The molecule has 2 aromatic carbocycles. The number of allylic oxidation sites excluding steroid dienone is 1. The number of ether oxygens (including phenoxy) is 1. The number of rotatable bonds is 8. The van der Waals surface area contributed by atoms with Crippen LogP contribution in [0.5, 0.6) is 5.75 Å². The molecule has 3 aromatic rings. The Kier molecular flexibility index (Phi) is 6.72. The molecule has 2 heterocycles. The van der Waals surface area contributed by atoms with Gasteiger partial charge in [0, 0.05) is 29.4 Å². The first-order valence-corrected chi connectivity index (χ1v) is 10.5. The van der Waals surface area contributed by atoms with Gasteiger partial charge in [-0.1, -0.05) is 36.4 Å². The standard InChI is InChI=1S/C26H25N3O3/c1-32-22-11-9-18(10-12-22)19-14-25(28-16-19)23-7-2-3-8-24(23)26(31)29-21(17-30)15-20-6-4-5-13-27-20/h2-14,21,30H,15-17H2,1H3,(H,29,31)/t21-/m1/s1. The van der Waals surface area contributed by atoms with E-state index in [4.69, 9.17) is 4.74 Å². The van der Waals surface area contributed by atoms with Gasteiger partial charge in [-0.05, 0) is 47.5 Å². The summed E-state index contributed by atoms with van der Waals surface area (Å²) in [4.78, 5) is 22.0. The number of aliphatic hydroxyl groups excluding tert-OH is 1. The van der Waals surface area contributed by atoms with Crippen molar-refractivity contribution < 1.29 is 14.6 Å². The maximum Gasteiger partial charge on any atom is 0.252 e. The van der Waals surface area contributed by atoms with Gasteiger partial charge in [0.15, 0.2) is 0 Å². The first-order valence-electron chi connectivity index (χ1n) is 10.5. The molecular formula is C26H25N3O3. The van der Waals surface area contributed by atoms with E-state index in [1.807, 2.05) is 66.7 Å². The minimum atomic E-state index is -0.429. The molecule has 1 amide bonds. The molecule has 0 bridgehead atoms. The summed E-state index contributed by atoms with van der Waals surface area (Å²) in [6.07, 6.45) is 4.17. The zero-order chi connectivity index (χ0) is 22.3. The molecule has 1 aliphatic rings. The lowest BCUT2D eigenvalue weighted by atomic mass is 9.99. The Morgan fingerprint density at radius 1 is 1.09 bits per heavy atom. The Bertz CT molecular complexity index is 1140. The molecule has 1 aromatic heterocycles. The molecule has 4 rings (SSSR count). The van der Waals surface area contributed by atoms with Gasteiger partial charge in [0.25, 0.3) is 5.91 Å². The molecule has 0 saturated heterocycles. The molecule has 0 fully saturated rings. The lowest BCUT2D eigenvalue weighted by Gasteiger charge is -2.17. The van der Waals surface area contributed by atoms with Crippen molar-refractivity contribution in [2.75, 3.05) is 20.3 Å². The number of nitrogens with one attached hydrogen (secondary N) is 1. The highest BCUT2D eigenvalue weighted by molar-refractivity contribution is 6.19. The monoisotopic (exact) mass is 427 g/mol. The highest BCUT2D eigenvalue weighted by atomic mass is 16.5. The molecular weight excluding hydrogens is 402 g/mol. The second-order valence-corrected chi connectivity index (χ2v) is 7.52. The first-order chi connectivity index (χ1) is 15.7. The van der Waals surface area contributed by atoms with Gasteiger partial charge in [0.1, 0.15) is 5.75 Å². The number of aliphatic hydroxyl groups is 1. The molecule has 0 saturated carbocycles. The smallest absolute Gasteiger partial charge is 0.252 e. The van der Waals surface area contributed by atoms with E-state index in [1.54, 1.807) is 19.4 Å². The van der Waals surface area contributed by atoms with Crippen molar-refractivity contribution in [1.29, 1.82) is 0 Å². The third-order valence-electron chi connectivity index (χ3n) is 5.38. The number of methoxy groups -OCH3 is 1. The van der Waals surface area contributed by atoms with Gasteiger partial charge in [0.2, 0.25) is 0 Å². The second kappa shape index (κ2) is 10.0. The van der Waals surface area contributed by atoms with Crippen molar-refractivity contribution >= 4 is 17.2 Å². The molecule has 0 unspecified atom stereocenters. The average Bonchev–Trinajstić information content (AvgIpc) is 3.34. The Morgan fingerprint density at radius 3 is 2.59 bits per heavy atom. The van der Waals surface area contributed by atoms with E-state index in [1.165, 1.54) is 0 Å². The number of aromatic nitrogens is 1. The van der Waals surface area contributed by atoms with Crippen LogP contribution in [0.15, 0.2) is 84.0 Å². The third kappa shape index (κ3) is 4.92. The second-order valence-electron chi connectivity index (χ2n) is 7.52. The van der Waals surface area contributed by atoms with E-state index in [2.05, 4.69) is 15.3 Å². The summed E-state index contributed by atoms with van der Waals surface area (Å²) in [5, 5.41) is 12.7. The molecule has 1 aliphatic heterocycles. The Hall–Kier alpha value is -3.77. The zero-order valence-electron chi connectivity index (χ0n) is 17.9. The van der Waals surface area contributed by atoms with Crippen molar-refractivity contribution in [3.8, 4) is 5.75 Å². The lowest BCUT2D eigenvalue weighted by Crippen LogP contribution is -2.39. The van der Waals surface area contributed by atoms with Gasteiger partial charge in [-0.2, -0.15) is 0 Å². The van der Waals surface area contributed by atoms with Gasteiger partial charge < -0.3 is 15.2 Å². The largest absolute Gasteiger partial charge is 0.497 e. The van der Waals surface area contributed by atoms with Gasteiger partial charge in [-0.3, -0.25) is 14.8 Å². The van der Waals surface area contributed by atoms with Crippen LogP contribution in [0.3, 0.4) is 0 Å². The maximum atomic E-state index is 13.1. The Balaban J connectivity index is 1.52. The summed E-state index contributed by atoms with van der Waals surface area (Å²) in [6, 6.07) is 20.4. The Labute approximate surface area is 187 Å². The molecule has 6 heteroatoms. The number of pyridine rings is 1. The maximum absolute atomic E-state index is 13.1. The topological polar surface area (TPSA) is 83.8 Å². The molecule has 1 atom stereocenters. The molecule has 0 radical (unpaired) electrons. The number of benzene rings is 2. The zero-order valence-corrected chi connectivity index (χ0v) is 17.9. The fourth-order valence-corrected chi connectivity index (χ4v) is 3.67. The van der Waals surface area contributed by atoms with Crippen LogP contribution >= 0.6 is 0 Å². The summed E-state index contributed by atoms with van der Waals surface area (Å²) in [6.45, 7) is 0.378. The van der Waals surface area contributed by atoms with E-state index in [-0.39, 0.29) is 12.5 Å². The van der Waals surface area contributed by atoms with Crippen molar-refractivity contribution in [3.05, 3.63) is 101 Å². The normalized spacial score (nSPS) is 13.8. The van der Waals surface area contributed by atoms with Crippen LogP contribution in [0.1, 0.15) is 27.2 Å². The van der Waals surface area contributed by atoms with Crippen LogP contribution in [0.2, 0.25) is 0 Å². The Morgan fingerprint density at radius 2 is 1.88 bits per heavy atom. The minimum Gasteiger partial charge on any atom is -0.497 e. The molecule has 32 heavy (non-hydrogen) atoms. The van der Waals surface area contributed by atoms with Crippen molar-refractivity contribution in [2.45, 2.75) is 12.5 Å². The van der Waals surface area contributed by atoms with Crippen LogP contribution in [0.4, 0.5) is 0 Å². The van der Waals surface area contributed by atoms with Gasteiger partial charge in [-0.25, -0.2) is 0 Å². The number of carbonyl (C=O) groups excluding carboxylic acids is 1. The van der Waals surface area contributed by atoms with Crippen molar-refractivity contribution in [3.63, 3.8) is 0 Å². The van der Waals surface area contributed by atoms with Crippen LogP contribution in [0.25, 0.3) is 5.57 Å². The predicted octanol–water partition coefficient (Wildman–Crippen LogP) is 3.31. The fourth-order valence-electron chi connectivity index (χ4n) is 3.67. The molecule has 0 spiro atoms. The summed E-state index contributed by atoms with van der Waals surface area (Å²) in [7, 11) is 1.64. The highest BCUT2D eigenvalue weighted by Gasteiger charge is 2.20. The van der Waals surface area contributed by atoms with Gasteiger partial charge in [0.05, 0.1) is 32.0 Å². The highest BCUT2D eigenvalue weighted by Crippen LogP contribution is 2.25. The fraction of sp³-hybridized carbons (Fsp3) is 0.192. The average molecular weight is 428 g/mol. The van der Waals surface area contributed by atoms with Gasteiger partial charge >= 0.3 is 0 Å². The number of hydrogen-bond acceptors (Lipinski definition) is 5. The van der Waals surface area contributed by atoms with Crippen LogP contribution in [0, 0.1) is 0 Å². The van der Waals surface area contributed by atoms with Gasteiger partial charge in [-0.15, -0.1) is 0 Å². The quantitative estimate of drug-likeness (QED) is 0.578. The molecule has 6 nitrogen and oxygen atoms in total. The number of amides is 1. The van der Waals surface area contributed by atoms with E-state index in [0.29, 0.717) is 18.5 Å². The van der Waals surface area contributed by atoms with Crippen molar-refractivity contribution in [2.24, 2.45) is 4.99 Å². The summed E-state index contributed by atoms with van der Waals surface area (Å²) < 4.78 is 5.23. The van der Waals surface area contributed by atoms with E-state index in [9.17, 15) is 9.90 Å². The minimum absolute atomic E-state index is 0.174. The molecule has 0 aliphatic carbocycles. The summed E-state index contributed by atoms with van der Waals surface area (Å²) >= 11 is 0. The van der Waals surface area contributed by atoms with Crippen molar-refractivity contribution in [1.82, 2.24) is 10.3 Å². The number of carbonyl (C=O) groups is 1. The molecule has 162 valence electrons. The number of nitrogens with zero attached hydrogens (tertiary/aromatic N) is 2. The summed E-state index contributed by atoms with van der Waals surface area (Å²) in [5.41, 5.74) is 5.03. The van der Waals surface area contributed by atoms with Crippen LogP contribution in [-0.2, 0) is 6.42 Å². The number of aliphatic imine (C=N–C) groups is 1. The lowest BCUT2D eigenvalue weighted by molar-refractivity contribution is 0.0916. The van der Waals surface area contributed by atoms with E-state index < -0.39 is 6.04 Å². The summed E-state index contributed by atoms with van der Waals surface area (Å²) in [5.74, 6) is 0.559. The van der Waals surface area contributed by atoms with E-state index in [0.717, 1.165) is 33.9 Å². The van der Waals surface area contributed by atoms with Crippen LogP contribution < -0.4 is 10.1 Å². The third-order valence-corrected chi connectivity index (χ3v) is 5.38. The SMILES string of the molecule is COc1ccc(C2=CC(c3ccccc3C(=O)N[C@@H](CO)Cc3ccccn3)=NC2)cc1. The number of hydrogen-bond donors (Lipinski definition) is 2. The van der Waals surface area contributed by atoms with E-state index >= 15 is 0 Å². The van der Waals surface area contributed by atoms with Crippen LogP contribution in [-0.4, -0.2) is 48.0 Å².